The van der Waals surface area contributed by atoms with Crippen LogP contribution in [-0.2, 0) is 14.3 Å². The minimum Gasteiger partial charge on any atom is -0.500 e. The third kappa shape index (κ3) is 3.63. The molecule has 22 heavy (non-hydrogen) atoms. The number of rotatable bonds is 5. The van der Waals surface area contributed by atoms with Crippen LogP contribution in [-0.4, -0.2) is 68.8 Å². The lowest BCUT2D eigenvalue weighted by Crippen LogP contribution is -2.32. The van der Waals surface area contributed by atoms with Crippen molar-refractivity contribution in [1.29, 1.82) is 0 Å². The van der Waals surface area contributed by atoms with Gasteiger partial charge in [0.2, 0.25) is 0 Å². The van der Waals surface area contributed by atoms with Crippen LogP contribution in [0.2, 0.25) is 0 Å². The summed E-state index contributed by atoms with van der Waals surface area (Å²) in [6.07, 6.45) is 5.99. The van der Waals surface area contributed by atoms with Crippen LogP contribution in [0.3, 0.4) is 0 Å². The average molecular weight is 308 g/mol. The monoisotopic (exact) mass is 308 g/mol. The predicted octanol–water partition coefficient (Wildman–Crippen LogP) is 1.50. The molecule has 0 aromatic rings. The zero-order valence-corrected chi connectivity index (χ0v) is 13.6. The fourth-order valence-electron chi connectivity index (χ4n) is 3.97. The molecule has 5 heteroatoms. The maximum atomic E-state index is 12.5. The largest absolute Gasteiger partial charge is 0.500 e. The molecule has 0 aliphatic carbocycles. The Morgan fingerprint density at radius 2 is 2.05 bits per heavy atom. The fraction of sp³-hybridized carbons (Fsp3) is 0.824. The Bertz CT molecular complexity index is 408. The Labute approximate surface area is 133 Å². The van der Waals surface area contributed by atoms with Crippen LogP contribution in [0.15, 0.2) is 11.8 Å². The number of carbonyl (C=O) groups is 1. The molecule has 5 nitrogen and oxygen atoms in total. The van der Waals surface area contributed by atoms with Crippen molar-refractivity contribution in [3.8, 4) is 0 Å². The van der Waals surface area contributed by atoms with Crippen molar-refractivity contribution in [2.45, 2.75) is 25.7 Å². The smallest absolute Gasteiger partial charge is 0.253 e. The van der Waals surface area contributed by atoms with Crippen molar-refractivity contribution in [1.82, 2.24) is 9.80 Å². The molecular formula is C17H28N2O3. The maximum Gasteiger partial charge on any atom is 0.253 e. The molecular weight excluding hydrogens is 280 g/mol. The molecule has 3 rings (SSSR count). The molecule has 3 aliphatic rings. The van der Waals surface area contributed by atoms with Gasteiger partial charge in [0, 0.05) is 39.8 Å². The highest BCUT2D eigenvalue weighted by molar-refractivity contribution is 5.93. The number of nitrogens with zero attached hydrogens (tertiary/aromatic N) is 2. The molecule has 124 valence electrons. The van der Waals surface area contributed by atoms with Crippen LogP contribution >= 0.6 is 0 Å². The van der Waals surface area contributed by atoms with E-state index in [1.54, 1.807) is 13.4 Å². The van der Waals surface area contributed by atoms with Crippen LogP contribution in [0.1, 0.15) is 25.7 Å². The highest BCUT2D eigenvalue weighted by Crippen LogP contribution is 2.33. The lowest BCUT2D eigenvalue weighted by Gasteiger charge is -2.22. The molecule has 0 N–H and O–H groups in total. The molecule has 2 fully saturated rings. The lowest BCUT2D eigenvalue weighted by molar-refractivity contribution is -0.126. The quantitative estimate of drug-likeness (QED) is 0.722. The highest BCUT2D eigenvalue weighted by Gasteiger charge is 2.37. The Morgan fingerprint density at radius 3 is 2.64 bits per heavy atom. The zero-order chi connectivity index (χ0) is 15.4. The second kappa shape index (κ2) is 7.47. The van der Waals surface area contributed by atoms with Gasteiger partial charge in [0.15, 0.2) is 0 Å². The molecule has 3 heterocycles. The first-order valence-electron chi connectivity index (χ1n) is 8.59. The third-order valence-electron chi connectivity index (χ3n) is 5.31. The number of hydrogen-bond donors (Lipinski definition) is 0. The normalized spacial score (nSPS) is 29.0. The predicted molar refractivity (Wildman–Crippen MR) is 84.4 cm³/mol. The first-order chi connectivity index (χ1) is 10.8. The Morgan fingerprint density at radius 1 is 1.32 bits per heavy atom. The average Bonchev–Trinajstić information content (AvgIpc) is 3.16. The summed E-state index contributed by atoms with van der Waals surface area (Å²) >= 11 is 0. The van der Waals surface area contributed by atoms with E-state index in [1.807, 2.05) is 0 Å². The van der Waals surface area contributed by atoms with E-state index in [4.69, 9.17) is 9.47 Å². The molecule has 3 aliphatic heterocycles. The van der Waals surface area contributed by atoms with Gasteiger partial charge >= 0.3 is 0 Å². The van der Waals surface area contributed by atoms with Gasteiger partial charge in [-0.3, -0.25) is 4.79 Å². The first-order valence-corrected chi connectivity index (χ1v) is 8.59. The van der Waals surface area contributed by atoms with E-state index >= 15 is 0 Å². The second-order valence-electron chi connectivity index (χ2n) is 6.76. The van der Waals surface area contributed by atoms with E-state index in [9.17, 15) is 4.79 Å². The van der Waals surface area contributed by atoms with E-state index in [-0.39, 0.29) is 5.91 Å². The van der Waals surface area contributed by atoms with Gasteiger partial charge in [-0.1, -0.05) is 0 Å². The van der Waals surface area contributed by atoms with E-state index in [0.717, 1.165) is 44.7 Å². The van der Waals surface area contributed by atoms with Gasteiger partial charge in [-0.2, -0.15) is 0 Å². The highest BCUT2D eigenvalue weighted by atomic mass is 16.5. The standard InChI is InChI=1S/C17H28N2O3/c1-21-9-2-6-18-7-3-14-11-19(12-15(14)4-8-18)17(20)16-5-10-22-13-16/h13-15H,2-12H2,1H3/t14-,15+. The number of likely N-dealkylation sites (tertiary alicyclic amines) is 2. The Kier molecular flexibility index (Phi) is 5.37. The van der Waals surface area contributed by atoms with Gasteiger partial charge in [-0.25, -0.2) is 0 Å². The molecule has 2 atom stereocenters. The Hall–Kier alpha value is -1.07. The van der Waals surface area contributed by atoms with Crippen LogP contribution in [0.5, 0.6) is 0 Å². The summed E-state index contributed by atoms with van der Waals surface area (Å²) < 4.78 is 10.4. The molecule has 0 spiro atoms. The van der Waals surface area contributed by atoms with Crippen LogP contribution in [0.4, 0.5) is 0 Å². The molecule has 2 saturated heterocycles. The van der Waals surface area contributed by atoms with Crippen molar-refractivity contribution < 1.29 is 14.3 Å². The Balaban J connectivity index is 1.48. The zero-order valence-electron chi connectivity index (χ0n) is 13.6. The van der Waals surface area contributed by atoms with Crippen LogP contribution in [0.25, 0.3) is 0 Å². The van der Waals surface area contributed by atoms with Crippen molar-refractivity contribution in [2.75, 3.05) is 53.0 Å². The van der Waals surface area contributed by atoms with Crippen molar-refractivity contribution in [2.24, 2.45) is 11.8 Å². The summed E-state index contributed by atoms with van der Waals surface area (Å²) in [5.41, 5.74) is 0.859. The molecule has 0 bridgehead atoms. The number of hydrogen-bond acceptors (Lipinski definition) is 4. The maximum absolute atomic E-state index is 12.5. The minimum atomic E-state index is 0.211. The van der Waals surface area contributed by atoms with Gasteiger partial charge in [0.25, 0.3) is 5.91 Å². The fourth-order valence-corrected chi connectivity index (χ4v) is 3.97. The molecule has 0 unspecified atom stereocenters. The SMILES string of the molecule is COCCCN1CC[C@@H]2CN(C(=O)C3=COCC3)C[C@@H]2CC1. The van der Waals surface area contributed by atoms with Gasteiger partial charge in [-0.05, 0) is 44.2 Å². The van der Waals surface area contributed by atoms with E-state index in [0.29, 0.717) is 18.4 Å². The third-order valence-corrected chi connectivity index (χ3v) is 5.31. The van der Waals surface area contributed by atoms with E-state index in [2.05, 4.69) is 9.80 Å². The topological polar surface area (TPSA) is 42.0 Å². The summed E-state index contributed by atoms with van der Waals surface area (Å²) in [6.45, 7) is 6.86. The summed E-state index contributed by atoms with van der Waals surface area (Å²) in [4.78, 5) is 17.1. The van der Waals surface area contributed by atoms with Crippen LogP contribution in [0, 0.1) is 11.8 Å². The summed E-state index contributed by atoms with van der Waals surface area (Å²) in [5.74, 6) is 1.57. The summed E-state index contributed by atoms with van der Waals surface area (Å²) in [5, 5.41) is 0. The van der Waals surface area contributed by atoms with E-state index < -0.39 is 0 Å². The molecule has 0 aromatic heterocycles. The minimum absolute atomic E-state index is 0.211. The molecule has 0 radical (unpaired) electrons. The molecule has 1 amide bonds. The van der Waals surface area contributed by atoms with E-state index in [1.165, 1.54) is 25.9 Å². The first kappa shape index (κ1) is 15.8. The molecule has 0 aromatic carbocycles. The number of carbonyl (C=O) groups excluding carboxylic acids is 1. The van der Waals surface area contributed by atoms with Crippen molar-refractivity contribution >= 4 is 5.91 Å². The number of methoxy groups -OCH3 is 1. The molecule has 0 saturated carbocycles. The van der Waals surface area contributed by atoms with Crippen molar-refractivity contribution in [3.05, 3.63) is 11.8 Å². The lowest BCUT2D eigenvalue weighted by atomic mass is 9.92. The second-order valence-corrected chi connectivity index (χ2v) is 6.76. The summed E-state index contributed by atoms with van der Waals surface area (Å²) in [7, 11) is 1.77. The number of fused-ring (bicyclic) bond motifs is 1. The van der Waals surface area contributed by atoms with Crippen LogP contribution < -0.4 is 0 Å². The number of amides is 1. The van der Waals surface area contributed by atoms with Gasteiger partial charge in [0.1, 0.15) is 0 Å². The summed E-state index contributed by atoms with van der Waals surface area (Å²) in [6, 6.07) is 0. The van der Waals surface area contributed by atoms with Gasteiger partial charge < -0.3 is 19.3 Å². The number of ether oxygens (including phenoxy) is 2. The van der Waals surface area contributed by atoms with Crippen molar-refractivity contribution in [3.63, 3.8) is 0 Å². The van der Waals surface area contributed by atoms with Gasteiger partial charge in [-0.15, -0.1) is 0 Å². The van der Waals surface area contributed by atoms with Gasteiger partial charge in [0.05, 0.1) is 18.4 Å².